The SMILES string of the molecule is C1COCCOCCOCCOCCOCCOCCOCCO1.CC(C)(C)c1cc(C[NH2+]Cc2cc(C(C)(C)C)cc(C(C)(C)C)c2)cc(C(C)(C)C)c1.O.O.[Cl-]. The van der Waals surface area contributed by atoms with E-state index in [0.717, 1.165) is 13.1 Å². The third-order valence-electron chi connectivity index (χ3n) is 9.19. The van der Waals surface area contributed by atoms with Gasteiger partial charge in [-0.2, -0.15) is 0 Å². The van der Waals surface area contributed by atoms with E-state index < -0.39 is 0 Å². The van der Waals surface area contributed by atoms with Crippen LogP contribution in [0.15, 0.2) is 36.4 Å². The largest absolute Gasteiger partial charge is 1.00 e. The summed E-state index contributed by atoms with van der Waals surface area (Å²) in [7, 11) is 0. The molecule has 2 aromatic rings. The highest BCUT2D eigenvalue weighted by Gasteiger charge is 2.22. The van der Waals surface area contributed by atoms with Gasteiger partial charge in [0.25, 0.3) is 0 Å². The van der Waals surface area contributed by atoms with Crippen molar-refractivity contribution in [3.8, 4) is 0 Å². The molecule has 0 spiro atoms. The topological polar surface area (TPSA) is 153 Å². The van der Waals surface area contributed by atoms with Gasteiger partial charge in [0.05, 0.1) is 106 Å². The van der Waals surface area contributed by atoms with E-state index in [2.05, 4.69) is 125 Å². The van der Waals surface area contributed by atoms with E-state index in [1.54, 1.807) is 0 Å². The van der Waals surface area contributed by atoms with Crippen molar-refractivity contribution in [1.82, 2.24) is 0 Å². The molecule has 0 amide bonds. The van der Waals surface area contributed by atoms with Crippen LogP contribution in [0.25, 0.3) is 0 Å². The molecule has 0 aliphatic carbocycles. The van der Waals surface area contributed by atoms with Crippen LogP contribution in [-0.2, 0) is 72.6 Å². The summed E-state index contributed by atoms with van der Waals surface area (Å²) in [6, 6.07) is 14.5. The average Bonchev–Trinajstić information content (AvgIpc) is 3.09. The lowest BCUT2D eigenvalue weighted by atomic mass is 9.79. The van der Waals surface area contributed by atoms with Gasteiger partial charge in [0.15, 0.2) is 0 Å². The summed E-state index contributed by atoms with van der Waals surface area (Å²) in [5, 5.41) is 2.46. The van der Waals surface area contributed by atoms with Gasteiger partial charge in [-0.05, 0) is 68.2 Å². The fourth-order valence-electron chi connectivity index (χ4n) is 5.52. The molecule has 2 aromatic carbocycles. The van der Waals surface area contributed by atoms with E-state index in [1.807, 2.05) is 0 Å². The second-order valence-electron chi connectivity index (χ2n) is 18.4. The van der Waals surface area contributed by atoms with Gasteiger partial charge in [0.1, 0.15) is 13.1 Å². The zero-order valence-corrected chi connectivity index (χ0v) is 39.2. The van der Waals surface area contributed by atoms with Crippen molar-refractivity contribution in [2.75, 3.05) is 106 Å². The molecule has 12 heteroatoms. The Labute approximate surface area is 358 Å². The summed E-state index contributed by atoms with van der Waals surface area (Å²) < 4.78 is 43.1. The number of benzene rings is 2. The second kappa shape index (κ2) is 30.3. The van der Waals surface area contributed by atoms with E-state index in [9.17, 15) is 0 Å². The van der Waals surface area contributed by atoms with Gasteiger partial charge in [0, 0.05) is 11.1 Å². The van der Waals surface area contributed by atoms with Crippen molar-refractivity contribution in [3.63, 3.8) is 0 Å². The Bertz CT molecular complexity index is 1070. The van der Waals surface area contributed by atoms with Crippen LogP contribution in [0.4, 0.5) is 0 Å². The summed E-state index contributed by atoms with van der Waals surface area (Å²) in [6.45, 7) is 38.7. The van der Waals surface area contributed by atoms with Crippen molar-refractivity contribution in [2.24, 2.45) is 0 Å². The molecule has 340 valence electrons. The number of hydrogen-bond acceptors (Lipinski definition) is 8. The van der Waals surface area contributed by atoms with E-state index in [4.69, 9.17) is 37.9 Å². The molecule has 0 atom stereocenters. The number of hydrogen-bond donors (Lipinski definition) is 1. The number of quaternary nitrogens is 1. The minimum absolute atomic E-state index is 0. The molecule has 0 saturated carbocycles. The van der Waals surface area contributed by atoms with Crippen LogP contribution >= 0.6 is 0 Å². The minimum Gasteiger partial charge on any atom is -1.00 e. The molecule has 11 nitrogen and oxygen atoms in total. The van der Waals surface area contributed by atoms with E-state index in [-0.39, 0.29) is 45.0 Å². The Morgan fingerprint density at radius 2 is 0.483 bits per heavy atom. The van der Waals surface area contributed by atoms with Crippen LogP contribution in [0.5, 0.6) is 0 Å². The van der Waals surface area contributed by atoms with Crippen molar-refractivity contribution < 1.29 is 66.6 Å². The summed E-state index contributed by atoms with van der Waals surface area (Å²) in [4.78, 5) is 0. The van der Waals surface area contributed by atoms with Crippen LogP contribution in [-0.4, -0.2) is 117 Å². The summed E-state index contributed by atoms with van der Waals surface area (Å²) >= 11 is 0. The van der Waals surface area contributed by atoms with Crippen molar-refractivity contribution in [2.45, 2.75) is 118 Å². The van der Waals surface area contributed by atoms with Crippen molar-refractivity contribution in [3.05, 3.63) is 69.8 Å². The van der Waals surface area contributed by atoms with Gasteiger partial charge in [-0.25, -0.2) is 0 Å². The molecular formula is C46H84ClNO10. The normalized spacial score (nSPS) is 17.2. The number of nitrogens with two attached hydrogens (primary N) is 1. The predicted molar refractivity (Wildman–Crippen MR) is 231 cm³/mol. The average molecular weight is 847 g/mol. The van der Waals surface area contributed by atoms with Crippen LogP contribution in [0.3, 0.4) is 0 Å². The zero-order valence-electron chi connectivity index (χ0n) is 38.4. The molecular weight excluding hydrogens is 762 g/mol. The maximum Gasteiger partial charge on any atom is 0.102 e. The third-order valence-corrected chi connectivity index (χ3v) is 9.19. The third kappa shape index (κ3) is 26.5. The van der Waals surface area contributed by atoms with Crippen LogP contribution < -0.4 is 17.7 Å². The van der Waals surface area contributed by atoms with Gasteiger partial charge in [-0.15, -0.1) is 0 Å². The highest BCUT2D eigenvalue weighted by molar-refractivity contribution is 5.38. The number of rotatable bonds is 4. The maximum atomic E-state index is 5.39. The molecule has 1 aliphatic rings. The fraction of sp³-hybridized carbons (Fsp3) is 0.739. The summed E-state index contributed by atoms with van der Waals surface area (Å²) in [5.41, 5.74) is 9.28. The smallest absolute Gasteiger partial charge is 0.102 e. The molecule has 1 fully saturated rings. The van der Waals surface area contributed by atoms with Crippen LogP contribution in [0.2, 0.25) is 0 Å². The Kier molecular flexibility index (Phi) is 30.5. The molecule has 0 aromatic heterocycles. The zero-order chi connectivity index (χ0) is 40.8. The first-order valence-electron chi connectivity index (χ1n) is 20.6. The first-order chi connectivity index (χ1) is 25.9. The van der Waals surface area contributed by atoms with E-state index in [1.165, 1.54) is 33.4 Å². The monoisotopic (exact) mass is 846 g/mol. The molecule has 1 heterocycles. The molecule has 0 unspecified atom stereocenters. The Balaban J connectivity index is 0. The van der Waals surface area contributed by atoms with Crippen LogP contribution in [0.1, 0.15) is 116 Å². The number of halogens is 1. The lowest BCUT2D eigenvalue weighted by molar-refractivity contribution is -0.686. The van der Waals surface area contributed by atoms with Gasteiger partial charge in [0.2, 0.25) is 0 Å². The molecule has 58 heavy (non-hydrogen) atoms. The number of ether oxygens (including phenoxy) is 8. The summed E-state index contributed by atoms with van der Waals surface area (Å²) in [6.07, 6.45) is 0. The quantitative estimate of drug-likeness (QED) is 0.494. The maximum absolute atomic E-state index is 5.39. The first-order valence-corrected chi connectivity index (χ1v) is 20.6. The Morgan fingerprint density at radius 3 is 0.621 bits per heavy atom. The van der Waals surface area contributed by atoms with Crippen molar-refractivity contribution >= 4 is 0 Å². The molecule has 0 radical (unpaired) electrons. The van der Waals surface area contributed by atoms with Crippen molar-refractivity contribution in [1.29, 1.82) is 0 Å². The lowest BCUT2D eigenvalue weighted by Crippen LogP contribution is -3.00. The lowest BCUT2D eigenvalue weighted by Gasteiger charge is -2.26. The first kappa shape index (κ1) is 58.4. The fourth-order valence-corrected chi connectivity index (χ4v) is 5.52. The highest BCUT2D eigenvalue weighted by Crippen LogP contribution is 2.31. The van der Waals surface area contributed by atoms with E-state index >= 15 is 0 Å². The van der Waals surface area contributed by atoms with Gasteiger partial charge >= 0.3 is 0 Å². The molecule has 3 rings (SSSR count). The van der Waals surface area contributed by atoms with Crippen LogP contribution in [0, 0.1) is 0 Å². The second-order valence-corrected chi connectivity index (χ2v) is 18.4. The summed E-state index contributed by atoms with van der Waals surface area (Å²) in [5.74, 6) is 0. The standard InChI is InChI=1S/C30H47N.C16H32O8.ClH.2H2O/c1-27(2,3)23-13-21(14-24(17-23)28(4,5)6)19-31-20-22-15-25(29(7,8)9)18-26(16-22)30(10,11)12;1-2-18-5-6-20-9-10-22-13-14-24-16-15-23-12-11-21-8-7-19-4-3-17-1;;;/h13-18,31H,19-20H2,1-12H3;1-16H2;1H;2*1H2. The Hall–Kier alpha value is -1.71. The molecule has 6 N–H and O–H groups in total. The highest BCUT2D eigenvalue weighted by atomic mass is 35.5. The Morgan fingerprint density at radius 1 is 0.328 bits per heavy atom. The molecule has 1 aliphatic heterocycles. The van der Waals surface area contributed by atoms with E-state index in [0.29, 0.717) is 106 Å². The van der Waals surface area contributed by atoms with Gasteiger partial charge < -0.3 is 66.6 Å². The molecule has 1 saturated heterocycles. The predicted octanol–water partition coefficient (Wildman–Crippen LogP) is 2.63. The van der Waals surface area contributed by atoms with Gasteiger partial charge in [-0.3, -0.25) is 0 Å². The molecule has 0 bridgehead atoms. The van der Waals surface area contributed by atoms with Gasteiger partial charge in [-0.1, -0.05) is 95.2 Å². The minimum atomic E-state index is 0.